The molecule has 0 aromatic carbocycles. The zero-order valence-corrected chi connectivity index (χ0v) is 11.1. The average molecular weight is 237 g/mol. The van der Waals surface area contributed by atoms with Crippen LogP contribution in [0.2, 0.25) is 0 Å². The van der Waals surface area contributed by atoms with Crippen molar-refractivity contribution in [2.75, 3.05) is 18.0 Å². The van der Waals surface area contributed by atoms with Gasteiger partial charge in [0.05, 0.1) is 6.61 Å². The van der Waals surface area contributed by atoms with Crippen LogP contribution < -0.4 is 4.90 Å². The number of anilines is 1. The van der Waals surface area contributed by atoms with Crippen LogP contribution in [0.25, 0.3) is 0 Å². The van der Waals surface area contributed by atoms with Crippen LogP contribution >= 0.6 is 0 Å². The summed E-state index contributed by atoms with van der Waals surface area (Å²) in [5, 5.41) is 8.95. The van der Waals surface area contributed by atoms with Gasteiger partial charge in [-0.15, -0.1) is 0 Å². The molecule has 0 aliphatic heterocycles. The van der Waals surface area contributed by atoms with Crippen LogP contribution in [0.15, 0.2) is 12.4 Å². The molecule has 0 bridgehead atoms. The van der Waals surface area contributed by atoms with Gasteiger partial charge in [-0.3, -0.25) is 0 Å². The fourth-order valence-corrected chi connectivity index (χ4v) is 1.80. The number of aliphatic hydroxyl groups is 1. The lowest BCUT2D eigenvalue weighted by Crippen LogP contribution is -2.30. The Morgan fingerprint density at radius 3 is 2.18 bits per heavy atom. The number of aromatic nitrogens is 2. The maximum Gasteiger partial charge on any atom is 0.225 e. The number of rotatable bonds is 7. The first-order valence-electron chi connectivity index (χ1n) is 6.41. The molecule has 1 heterocycles. The lowest BCUT2D eigenvalue weighted by molar-refractivity contribution is 0.281. The molecule has 4 heteroatoms. The molecule has 1 N–H and O–H groups in total. The second kappa shape index (κ2) is 7.22. The molecule has 4 nitrogen and oxygen atoms in total. The van der Waals surface area contributed by atoms with E-state index in [-0.39, 0.29) is 6.61 Å². The Labute approximate surface area is 104 Å². The third kappa shape index (κ3) is 3.97. The molecule has 0 atom stereocenters. The van der Waals surface area contributed by atoms with Gasteiger partial charge in [0.15, 0.2) is 0 Å². The summed E-state index contributed by atoms with van der Waals surface area (Å²) in [4.78, 5) is 10.8. The molecule has 17 heavy (non-hydrogen) atoms. The van der Waals surface area contributed by atoms with Crippen molar-refractivity contribution in [1.29, 1.82) is 0 Å². The Bertz CT molecular complexity index is 309. The molecule has 0 fully saturated rings. The Hall–Kier alpha value is -1.16. The Kier molecular flexibility index (Phi) is 5.91. The van der Waals surface area contributed by atoms with Crippen molar-refractivity contribution < 1.29 is 5.11 Å². The van der Waals surface area contributed by atoms with Crippen LogP contribution in [-0.4, -0.2) is 28.2 Å². The van der Waals surface area contributed by atoms with Crippen molar-refractivity contribution in [3.05, 3.63) is 18.0 Å². The van der Waals surface area contributed by atoms with Crippen LogP contribution in [0.5, 0.6) is 0 Å². The van der Waals surface area contributed by atoms with Crippen molar-refractivity contribution in [1.82, 2.24) is 9.97 Å². The Morgan fingerprint density at radius 1 is 1.18 bits per heavy atom. The molecule has 0 spiro atoms. The highest BCUT2D eigenvalue weighted by atomic mass is 16.3. The summed E-state index contributed by atoms with van der Waals surface area (Å²) in [5.41, 5.74) is 0.757. The van der Waals surface area contributed by atoms with E-state index < -0.39 is 0 Å². The highest BCUT2D eigenvalue weighted by Crippen LogP contribution is 2.14. The molecule has 0 amide bonds. The van der Waals surface area contributed by atoms with Gasteiger partial charge in [-0.1, -0.05) is 26.7 Å². The molecular formula is C13H23N3O. The SMILES string of the molecule is CCC(CC)CN(CC)c1ncc(CO)cn1. The van der Waals surface area contributed by atoms with E-state index in [0.717, 1.165) is 24.6 Å². The maximum atomic E-state index is 8.95. The van der Waals surface area contributed by atoms with E-state index in [0.29, 0.717) is 5.92 Å². The van der Waals surface area contributed by atoms with Crippen molar-refractivity contribution in [3.8, 4) is 0 Å². The van der Waals surface area contributed by atoms with Crippen LogP contribution in [0.1, 0.15) is 39.2 Å². The molecule has 0 aliphatic carbocycles. The monoisotopic (exact) mass is 237 g/mol. The van der Waals surface area contributed by atoms with E-state index in [4.69, 9.17) is 5.11 Å². The van der Waals surface area contributed by atoms with Crippen LogP contribution in [0, 0.1) is 5.92 Å². The number of hydrogen-bond acceptors (Lipinski definition) is 4. The molecule has 1 aromatic rings. The molecular weight excluding hydrogens is 214 g/mol. The van der Waals surface area contributed by atoms with Gasteiger partial charge in [0.25, 0.3) is 0 Å². The van der Waals surface area contributed by atoms with Crippen LogP contribution in [0.3, 0.4) is 0 Å². The predicted octanol–water partition coefficient (Wildman–Crippen LogP) is 2.23. The van der Waals surface area contributed by atoms with Crippen molar-refractivity contribution >= 4 is 5.95 Å². The standard InChI is InChI=1S/C13H23N3O/c1-4-11(5-2)9-16(6-3)13-14-7-12(10-17)8-15-13/h7-8,11,17H,4-6,9-10H2,1-3H3. The predicted molar refractivity (Wildman–Crippen MR) is 69.9 cm³/mol. The van der Waals surface area contributed by atoms with Gasteiger partial charge in [0.2, 0.25) is 5.95 Å². The van der Waals surface area contributed by atoms with Gasteiger partial charge < -0.3 is 10.0 Å². The van der Waals surface area contributed by atoms with E-state index in [1.807, 2.05) is 0 Å². The number of hydrogen-bond donors (Lipinski definition) is 1. The zero-order valence-electron chi connectivity index (χ0n) is 11.1. The van der Waals surface area contributed by atoms with Gasteiger partial charge in [0, 0.05) is 31.0 Å². The van der Waals surface area contributed by atoms with E-state index >= 15 is 0 Å². The summed E-state index contributed by atoms with van der Waals surface area (Å²) < 4.78 is 0. The quantitative estimate of drug-likeness (QED) is 0.790. The summed E-state index contributed by atoms with van der Waals surface area (Å²) in [6.07, 6.45) is 5.75. The molecule has 1 rings (SSSR count). The Balaban J connectivity index is 2.71. The van der Waals surface area contributed by atoms with Gasteiger partial charge in [-0.25, -0.2) is 9.97 Å². The number of aliphatic hydroxyl groups excluding tert-OH is 1. The largest absolute Gasteiger partial charge is 0.392 e. The summed E-state index contributed by atoms with van der Waals surface area (Å²) in [6.45, 7) is 8.47. The topological polar surface area (TPSA) is 49.2 Å². The molecule has 96 valence electrons. The minimum Gasteiger partial charge on any atom is -0.392 e. The van der Waals surface area contributed by atoms with E-state index in [1.165, 1.54) is 12.8 Å². The lowest BCUT2D eigenvalue weighted by atomic mass is 10.0. The van der Waals surface area contributed by atoms with Gasteiger partial charge in [-0.05, 0) is 12.8 Å². The van der Waals surface area contributed by atoms with Crippen molar-refractivity contribution in [2.24, 2.45) is 5.92 Å². The fraction of sp³-hybridized carbons (Fsp3) is 0.692. The number of nitrogens with zero attached hydrogens (tertiary/aromatic N) is 3. The van der Waals surface area contributed by atoms with Gasteiger partial charge in [-0.2, -0.15) is 0 Å². The van der Waals surface area contributed by atoms with E-state index in [9.17, 15) is 0 Å². The zero-order chi connectivity index (χ0) is 12.7. The first kappa shape index (κ1) is 13.9. The molecule has 0 unspecified atom stereocenters. The molecule has 0 saturated heterocycles. The maximum absolute atomic E-state index is 8.95. The summed E-state index contributed by atoms with van der Waals surface area (Å²) in [5.74, 6) is 1.45. The minimum atomic E-state index is -0.00104. The van der Waals surface area contributed by atoms with Crippen LogP contribution in [-0.2, 0) is 6.61 Å². The van der Waals surface area contributed by atoms with Crippen molar-refractivity contribution in [3.63, 3.8) is 0 Å². The summed E-state index contributed by atoms with van der Waals surface area (Å²) in [6, 6.07) is 0. The molecule has 0 radical (unpaired) electrons. The van der Waals surface area contributed by atoms with Crippen LogP contribution in [0.4, 0.5) is 5.95 Å². The second-order valence-corrected chi connectivity index (χ2v) is 4.27. The third-order valence-corrected chi connectivity index (χ3v) is 3.17. The van der Waals surface area contributed by atoms with Crippen molar-refractivity contribution in [2.45, 2.75) is 40.2 Å². The van der Waals surface area contributed by atoms with Gasteiger partial charge in [0.1, 0.15) is 0 Å². The minimum absolute atomic E-state index is 0.00104. The molecule has 0 saturated carbocycles. The fourth-order valence-electron chi connectivity index (χ4n) is 1.80. The average Bonchev–Trinajstić information content (AvgIpc) is 2.40. The van der Waals surface area contributed by atoms with E-state index in [2.05, 4.69) is 35.6 Å². The molecule has 1 aromatic heterocycles. The summed E-state index contributed by atoms with van der Waals surface area (Å²) >= 11 is 0. The highest BCUT2D eigenvalue weighted by molar-refractivity contribution is 5.29. The molecule has 0 aliphatic rings. The van der Waals surface area contributed by atoms with Gasteiger partial charge >= 0.3 is 0 Å². The highest BCUT2D eigenvalue weighted by Gasteiger charge is 2.12. The normalized spacial score (nSPS) is 10.9. The lowest BCUT2D eigenvalue weighted by Gasteiger charge is -2.25. The third-order valence-electron chi connectivity index (χ3n) is 3.17. The Morgan fingerprint density at radius 2 is 1.76 bits per heavy atom. The smallest absolute Gasteiger partial charge is 0.225 e. The summed E-state index contributed by atoms with van der Waals surface area (Å²) in [7, 11) is 0. The van der Waals surface area contributed by atoms with E-state index in [1.54, 1.807) is 12.4 Å². The second-order valence-electron chi connectivity index (χ2n) is 4.27. The first-order chi connectivity index (χ1) is 8.24. The first-order valence-corrected chi connectivity index (χ1v) is 6.41.